The fraction of sp³-hybridized carbons (Fsp3) is 0.412. The molecule has 0 radical (unpaired) electrons. The van der Waals surface area contributed by atoms with Crippen molar-refractivity contribution in [1.82, 2.24) is 14.5 Å². The molecule has 0 unspecified atom stereocenters. The number of likely N-dealkylation sites (tertiary alicyclic amines) is 1. The van der Waals surface area contributed by atoms with Crippen LogP contribution in [0.25, 0.3) is 0 Å². The van der Waals surface area contributed by atoms with Gasteiger partial charge in [0.1, 0.15) is 11.6 Å². The molecule has 1 aliphatic heterocycles. The largest absolute Gasteiger partial charge is 0.484 e. The average Bonchev–Trinajstić information content (AvgIpc) is 3.08. The van der Waals surface area contributed by atoms with Gasteiger partial charge in [-0.3, -0.25) is 4.79 Å². The zero-order chi connectivity index (χ0) is 16.1. The lowest BCUT2D eigenvalue weighted by Crippen LogP contribution is -2.41. The van der Waals surface area contributed by atoms with E-state index in [0.717, 1.165) is 32.5 Å². The number of aromatic nitrogens is 2. The van der Waals surface area contributed by atoms with E-state index in [-0.39, 0.29) is 18.3 Å². The van der Waals surface area contributed by atoms with Gasteiger partial charge in [0, 0.05) is 32.0 Å². The highest BCUT2D eigenvalue weighted by Crippen LogP contribution is 2.19. The molecule has 0 bridgehead atoms. The summed E-state index contributed by atoms with van der Waals surface area (Å²) < 4.78 is 20.3. The van der Waals surface area contributed by atoms with E-state index in [1.54, 1.807) is 6.20 Å². The molecule has 23 heavy (non-hydrogen) atoms. The number of amides is 1. The lowest BCUT2D eigenvalue weighted by molar-refractivity contribution is -0.134. The van der Waals surface area contributed by atoms with Gasteiger partial charge in [-0.2, -0.15) is 0 Å². The molecule has 0 atom stereocenters. The maximum absolute atomic E-state index is 12.8. The number of halogens is 1. The predicted molar refractivity (Wildman–Crippen MR) is 83.4 cm³/mol. The Balaban J connectivity index is 1.42. The van der Waals surface area contributed by atoms with Crippen molar-refractivity contribution < 1.29 is 13.9 Å². The van der Waals surface area contributed by atoms with Crippen LogP contribution in [-0.2, 0) is 11.3 Å². The van der Waals surface area contributed by atoms with Crippen molar-refractivity contribution in [3.05, 3.63) is 48.8 Å². The highest BCUT2D eigenvalue weighted by atomic mass is 19.1. The number of hydrogen-bond donors (Lipinski definition) is 0. The molecule has 2 heterocycles. The van der Waals surface area contributed by atoms with Crippen molar-refractivity contribution >= 4 is 5.91 Å². The number of piperidine rings is 1. The third-order valence-corrected chi connectivity index (χ3v) is 4.17. The predicted octanol–water partition coefficient (Wildman–Crippen LogP) is 2.34. The first-order valence-corrected chi connectivity index (χ1v) is 7.82. The number of nitrogens with zero attached hydrogens (tertiary/aromatic N) is 3. The third kappa shape index (κ3) is 4.31. The molecule has 1 aliphatic rings. The van der Waals surface area contributed by atoms with Gasteiger partial charge in [-0.15, -0.1) is 0 Å². The molecule has 1 saturated heterocycles. The van der Waals surface area contributed by atoms with Gasteiger partial charge >= 0.3 is 0 Å². The van der Waals surface area contributed by atoms with Crippen LogP contribution in [0.3, 0.4) is 0 Å². The number of ether oxygens (including phenoxy) is 1. The quantitative estimate of drug-likeness (QED) is 0.850. The Morgan fingerprint density at radius 1 is 1.26 bits per heavy atom. The van der Waals surface area contributed by atoms with Crippen molar-refractivity contribution in [3.8, 4) is 5.75 Å². The van der Waals surface area contributed by atoms with Crippen LogP contribution in [0.4, 0.5) is 4.39 Å². The van der Waals surface area contributed by atoms with E-state index < -0.39 is 0 Å². The van der Waals surface area contributed by atoms with Gasteiger partial charge in [-0.1, -0.05) is 0 Å². The van der Waals surface area contributed by atoms with Crippen molar-refractivity contribution in [1.29, 1.82) is 0 Å². The second-order valence-corrected chi connectivity index (χ2v) is 5.83. The summed E-state index contributed by atoms with van der Waals surface area (Å²) in [5, 5.41) is 0. The summed E-state index contributed by atoms with van der Waals surface area (Å²) in [6.45, 7) is 2.46. The number of carbonyl (C=O) groups is 1. The molecule has 0 spiro atoms. The molecular weight excluding hydrogens is 297 g/mol. The molecule has 122 valence electrons. The first-order chi connectivity index (χ1) is 11.2. The minimum Gasteiger partial charge on any atom is -0.484 e. The molecular formula is C17H20FN3O2. The van der Waals surface area contributed by atoms with E-state index in [1.807, 2.05) is 17.4 Å². The van der Waals surface area contributed by atoms with Crippen LogP contribution in [-0.4, -0.2) is 40.1 Å². The topological polar surface area (TPSA) is 47.4 Å². The van der Waals surface area contributed by atoms with Crippen LogP contribution in [0.1, 0.15) is 12.8 Å². The maximum atomic E-state index is 12.8. The van der Waals surface area contributed by atoms with Crippen molar-refractivity contribution in [3.63, 3.8) is 0 Å². The summed E-state index contributed by atoms with van der Waals surface area (Å²) >= 11 is 0. The molecule has 1 aromatic carbocycles. The first-order valence-electron chi connectivity index (χ1n) is 7.82. The summed E-state index contributed by atoms with van der Waals surface area (Å²) in [6, 6.07) is 5.70. The summed E-state index contributed by atoms with van der Waals surface area (Å²) in [7, 11) is 0. The number of imidazole rings is 1. The summed E-state index contributed by atoms with van der Waals surface area (Å²) in [6.07, 6.45) is 7.55. The van der Waals surface area contributed by atoms with E-state index in [1.165, 1.54) is 24.3 Å². The van der Waals surface area contributed by atoms with Crippen LogP contribution in [0.5, 0.6) is 5.75 Å². The first kappa shape index (κ1) is 15.5. The number of rotatable bonds is 5. The Morgan fingerprint density at radius 3 is 2.65 bits per heavy atom. The van der Waals surface area contributed by atoms with Crippen LogP contribution in [0.2, 0.25) is 0 Å². The zero-order valence-electron chi connectivity index (χ0n) is 12.9. The van der Waals surface area contributed by atoms with Crippen molar-refractivity contribution in [2.24, 2.45) is 5.92 Å². The van der Waals surface area contributed by atoms with Crippen LogP contribution < -0.4 is 4.74 Å². The Morgan fingerprint density at radius 2 is 2.00 bits per heavy atom. The number of benzene rings is 1. The number of carbonyl (C=O) groups excluding carboxylic acids is 1. The summed E-state index contributed by atoms with van der Waals surface area (Å²) in [5.74, 6) is 0.750. The lowest BCUT2D eigenvalue weighted by Gasteiger charge is -2.32. The smallest absolute Gasteiger partial charge is 0.260 e. The van der Waals surface area contributed by atoms with E-state index in [2.05, 4.69) is 9.55 Å². The molecule has 0 N–H and O–H groups in total. The summed E-state index contributed by atoms with van der Waals surface area (Å²) in [5.41, 5.74) is 0. The van der Waals surface area contributed by atoms with E-state index in [4.69, 9.17) is 4.74 Å². The molecule has 1 amide bonds. The molecule has 3 rings (SSSR count). The van der Waals surface area contributed by atoms with Gasteiger partial charge in [-0.05, 0) is 43.0 Å². The Labute approximate surface area is 134 Å². The zero-order valence-corrected chi connectivity index (χ0v) is 12.9. The number of hydrogen-bond acceptors (Lipinski definition) is 3. The standard InChI is InChI=1S/C17H20FN3O2/c18-15-1-3-16(4-2-15)23-12-17(22)21-8-5-14(6-9-21)11-20-10-7-19-13-20/h1-4,7,10,13-14H,5-6,8-9,11-12H2. The molecule has 2 aromatic rings. The second-order valence-electron chi connectivity index (χ2n) is 5.83. The Kier molecular flexibility index (Phi) is 4.90. The molecule has 0 aliphatic carbocycles. The average molecular weight is 317 g/mol. The van der Waals surface area contributed by atoms with E-state index in [0.29, 0.717) is 11.7 Å². The Hall–Kier alpha value is -2.37. The minimum absolute atomic E-state index is 0.00216. The molecule has 1 aromatic heterocycles. The third-order valence-electron chi connectivity index (χ3n) is 4.17. The van der Waals surface area contributed by atoms with Gasteiger partial charge in [0.2, 0.25) is 0 Å². The van der Waals surface area contributed by atoms with Crippen molar-refractivity contribution in [2.75, 3.05) is 19.7 Å². The van der Waals surface area contributed by atoms with Crippen LogP contribution in [0, 0.1) is 11.7 Å². The normalized spacial score (nSPS) is 15.6. The molecule has 1 fully saturated rings. The van der Waals surface area contributed by atoms with Gasteiger partial charge in [0.05, 0.1) is 6.33 Å². The highest BCUT2D eigenvalue weighted by molar-refractivity contribution is 5.77. The van der Waals surface area contributed by atoms with Crippen LogP contribution in [0.15, 0.2) is 43.0 Å². The van der Waals surface area contributed by atoms with Gasteiger partial charge in [-0.25, -0.2) is 9.37 Å². The fourth-order valence-electron chi connectivity index (χ4n) is 2.82. The lowest BCUT2D eigenvalue weighted by atomic mass is 9.97. The summed E-state index contributed by atoms with van der Waals surface area (Å²) in [4.78, 5) is 18.1. The Bertz CT molecular complexity index is 620. The molecule has 5 nitrogen and oxygen atoms in total. The van der Waals surface area contributed by atoms with Crippen LogP contribution >= 0.6 is 0 Å². The SMILES string of the molecule is O=C(COc1ccc(F)cc1)N1CCC(Cn2ccnc2)CC1. The minimum atomic E-state index is -0.316. The van der Waals surface area contributed by atoms with E-state index in [9.17, 15) is 9.18 Å². The maximum Gasteiger partial charge on any atom is 0.260 e. The molecule has 0 saturated carbocycles. The highest BCUT2D eigenvalue weighted by Gasteiger charge is 2.23. The van der Waals surface area contributed by atoms with Gasteiger partial charge in [0.25, 0.3) is 5.91 Å². The van der Waals surface area contributed by atoms with Gasteiger partial charge < -0.3 is 14.2 Å². The fourth-order valence-corrected chi connectivity index (χ4v) is 2.82. The van der Waals surface area contributed by atoms with Gasteiger partial charge in [0.15, 0.2) is 6.61 Å². The molecule has 6 heteroatoms. The van der Waals surface area contributed by atoms with Crippen molar-refractivity contribution in [2.45, 2.75) is 19.4 Å². The monoisotopic (exact) mass is 317 g/mol. The van der Waals surface area contributed by atoms with E-state index >= 15 is 0 Å². The second kappa shape index (κ2) is 7.26.